The first kappa shape index (κ1) is 8.94. The van der Waals surface area contributed by atoms with Crippen LogP contribution in [0.25, 0.3) is 0 Å². The van der Waals surface area contributed by atoms with Crippen LogP contribution in [0.1, 0.15) is 19.3 Å². The second-order valence-corrected chi connectivity index (χ2v) is 4.15. The molecule has 1 N–H and O–H groups in total. The van der Waals surface area contributed by atoms with Crippen molar-refractivity contribution in [3.05, 3.63) is 0 Å². The first-order valence-electron chi connectivity index (χ1n) is 5.09. The van der Waals surface area contributed by atoms with E-state index in [1.54, 1.807) is 0 Å². The number of likely N-dealkylation sites (N-methyl/N-ethyl adjacent to an activating group) is 1. The average molecular weight is 182 g/mol. The standard InChI is InChI=1S/C9H18N4/c1-10-6-7-3-4-8-9(5-7)13(2)12-11-8/h7-10H,3-6H2,1-2H3. The number of fused-ring (bicyclic) bond motifs is 1. The molecule has 1 aliphatic heterocycles. The van der Waals surface area contributed by atoms with Crippen LogP contribution in [0.5, 0.6) is 0 Å². The Kier molecular flexibility index (Phi) is 2.49. The number of nitrogens with one attached hydrogen (secondary N) is 1. The molecule has 74 valence electrons. The average Bonchev–Trinajstić information content (AvgIpc) is 2.49. The van der Waals surface area contributed by atoms with Crippen molar-refractivity contribution >= 4 is 0 Å². The van der Waals surface area contributed by atoms with Gasteiger partial charge in [-0.1, -0.05) is 5.22 Å². The Morgan fingerprint density at radius 2 is 2.31 bits per heavy atom. The Balaban J connectivity index is 1.92. The summed E-state index contributed by atoms with van der Waals surface area (Å²) in [5.74, 6) is 0.817. The molecule has 0 bridgehead atoms. The fourth-order valence-corrected chi connectivity index (χ4v) is 2.44. The van der Waals surface area contributed by atoms with Crippen LogP contribution < -0.4 is 5.32 Å². The van der Waals surface area contributed by atoms with E-state index >= 15 is 0 Å². The van der Waals surface area contributed by atoms with Crippen molar-refractivity contribution in [2.75, 3.05) is 20.6 Å². The van der Waals surface area contributed by atoms with Gasteiger partial charge in [0.05, 0.1) is 12.1 Å². The Labute approximate surface area is 79.4 Å². The van der Waals surface area contributed by atoms with E-state index in [0.29, 0.717) is 12.1 Å². The molecule has 0 aromatic rings. The second kappa shape index (κ2) is 3.62. The number of rotatable bonds is 2. The van der Waals surface area contributed by atoms with Gasteiger partial charge in [0.1, 0.15) is 0 Å². The third-order valence-electron chi connectivity index (χ3n) is 3.20. The van der Waals surface area contributed by atoms with Crippen LogP contribution >= 0.6 is 0 Å². The van der Waals surface area contributed by atoms with Gasteiger partial charge in [-0.3, -0.25) is 5.01 Å². The van der Waals surface area contributed by atoms with E-state index in [4.69, 9.17) is 0 Å². The van der Waals surface area contributed by atoms with Gasteiger partial charge in [0.15, 0.2) is 0 Å². The number of hydrogen-bond acceptors (Lipinski definition) is 4. The zero-order valence-corrected chi connectivity index (χ0v) is 8.40. The van der Waals surface area contributed by atoms with Crippen LogP contribution in [-0.2, 0) is 0 Å². The lowest BCUT2D eigenvalue weighted by atomic mass is 9.83. The van der Waals surface area contributed by atoms with E-state index in [2.05, 4.69) is 15.7 Å². The molecule has 13 heavy (non-hydrogen) atoms. The smallest absolute Gasteiger partial charge is 0.0949 e. The van der Waals surface area contributed by atoms with E-state index in [0.717, 1.165) is 12.5 Å². The molecule has 3 unspecified atom stereocenters. The summed E-state index contributed by atoms with van der Waals surface area (Å²) in [5, 5.41) is 13.7. The van der Waals surface area contributed by atoms with Crippen molar-refractivity contribution in [1.82, 2.24) is 10.3 Å². The molecule has 4 heteroatoms. The topological polar surface area (TPSA) is 40.0 Å². The van der Waals surface area contributed by atoms with Gasteiger partial charge in [0, 0.05) is 7.05 Å². The SMILES string of the molecule is CNCC1CCC2N=NN(C)C2C1. The molecule has 2 rings (SSSR count). The van der Waals surface area contributed by atoms with E-state index in [9.17, 15) is 0 Å². The molecular weight excluding hydrogens is 164 g/mol. The molecular formula is C9H18N4. The minimum absolute atomic E-state index is 0.484. The van der Waals surface area contributed by atoms with E-state index in [1.807, 2.05) is 19.1 Å². The highest BCUT2D eigenvalue weighted by molar-refractivity contribution is 4.91. The summed E-state index contributed by atoms with van der Waals surface area (Å²) in [7, 11) is 4.06. The molecule has 1 saturated carbocycles. The quantitative estimate of drug-likeness (QED) is 0.693. The molecule has 3 atom stereocenters. The molecule has 0 saturated heterocycles. The minimum atomic E-state index is 0.484. The van der Waals surface area contributed by atoms with Crippen molar-refractivity contribution in [3.63, 3.8) is 0 Å². The lowest BCUT2D eigenvalue weighted by Crippen LogP contribution is -2.40. The number of nitrogens with zero attached hydrogens (tertiary/aromatic N) is 3. The van der Waals surface area contributed by atoms with Gasteiger partial charge < -0.3 is 5.32 Å². The highest BCUT2D eigenvalue weighted by atomic mass is 15.6. The van der Waals surface area contributed by atoms with Crippen LogP contribution in [0, 0.1) is 5.92 Å². The third-order valence-corrected chi connectivity index (χ3v) is 3.20. The summed E-state index contributed by atoms with van der Waals surface area (Å²) < 4.78 is 0. The van der Waals surface area contributed by atoms with E-state index in [-0.39, 0.29) is 0 Å². The predicted molar refractivity (Wildman–Crippen MR) is 51.5 cm³/mol. The Morgan fingerprint density at radius 3 is 3.08 bits per heavy atom. The van der Waals surface area contributed by atoms with Crippen LogP contribution in [0.3, 0.4) is 0 Å². The summed E-state index contributed by atoms with van der Waals surface area (Å²) in [6.45, 7) is 1.14. The summed E-state index contributed by atoms with van der Waals surface area (Å²) in [5.41, 5.74) is 0. The molecule has 4 nitrogen and oxygen atoms in total. The fourth-order valence-electron chi connectivity index (χ4n) is 2.44. The van der Waals surface area contributed by atoms with Crippen LogP contribution in [0.2, 0.25) is 0 Å². The first-order valence-corrected chi connectivity index (χ1v) is 5.09. The molecule has 0 aromatic heterocycles. The molecule has 0 amide bonds. The van der Waals surface area contributed by atoms with Gasteiger partial charge in [-0.25, -0.2) is 0 Å². The first-order chi connectivity index (χ1) is 6.31. The van der Waals surface area contributed by atoms with Crippen LogP contribution in [0.15, 0.2) is 10.3 Å². The molecule has 1 aliphatic carbocycles. The fraction of sp³-hybridized carbons (Fsp3) is 1.00. The van der Waals surface area contributed by atoms with E-state index in [1.165, 1.54) is 19.3 Å². The lowest BCUT2D eigenvalue weighted by Gasteiger charge is -2.32. The molecule has 0 aromatic carbocycles. The monoisotopic (exact) mass is 182 g/mol. The van der Waals surface area contributed by atoms with Crippen molar-refractivity contribution in [1.29, 1.82) is 0 Å². The van der Waals surface area contributed by atoms with Gasteiger partial charge in [0.2, 0.25) is 0 Å². The molecule has 1 heterocycles. The minimum Gasteiger partial charge on any atom is -0.319 e. The van der Waals surface area contributed by atoms with Crippen molar-refractivity contribution in [2.24, 2.45) is 16.3 Å². The van der Waals surface area contributed by atoms with Crippen LogP contribution in [-0.4, -0.2) is 37.7 Å². The maximum atomic E-state index is 4.26. The maximum Gasteiger partial charge on any atom is 0.0949 e. The van der Waals surface area contributed by atoms with Gasteiger partial charge in [-0.2, -0.15) is 5.11 Å². The van der Waals surface area contributed by atoms with Gasteiger partial charge in [0.25, 0.3) is 0 Å². The normalized spacial score (nSPS) is 38.0. The van der Waals surface area contributed by atoms with E-state index < -0.39 is 0 Å². The highest BCUT2D eigenvalue weighted by Gasteiger charge is 2.36. The Bertz CT molecular complexity index is 204. The predicted octanol–water partition coefficient (Wildman–Crippen LogP) is 1.06. The third kappa shape index (κ3) is 1.68. The Morgan fingerprint density at radius 1 is 1.46 bits per heavy atom. The van der Waals surface area contributed by atoms with Gasteiger partial charge in [-0.15, -0.1) is 0 Å². The van der Waals surface area contributed by atoms with Crippen LogP contribution in [0.4, 0.5) is 0 Å². The lowest BCUT2D eigenvalue weighted by molar-refractivity contribution is 0.181. The van der Waals surface area contributed by atoms with Crippen molar-refractivity contribution < 1.29 is 0 Å². The molecule has 2 aliphatic rings. The Hall–Kier alpha value is -0.640. The summed E-state index contributed by atoms with van der Waals surface area (Å²) >= 11 is 0. The molecule has 0 spiro atoms. The largest absolute Gasteiger partial charge is 0.319 e. The molecule has 1 fully saturated rings. The van der Waals surface area contributed by atoms with Gasteiger partial charge in [-0.05, 0) is 38.8 Å². The number of hydrogen-bond donors (Lipinski definition) is 1. The second-order valence-electron chi connectivity index (χ2n) is 4.15. The summed E-state index contributed by atoms with van der Waals surface area (Å²) in [6.07, 6.45) is 3.76. The summed E-state index contributed by atoms with van der Waals surface area (Å²) in [4.78, 5) is 0. The van der Waals surface area contributed by atoms with Crippen molar-refractivity contribution in [3.8, 4) is 0 Å². The highest BCUT2D eigenvalue weighted by Crippen LogP contribution is 2.32. The zero-order valence-electron chi connectivity index (χ0n) is 8.40. The molecule has 0 radical (unpaired) electrons. The van der Waals surface area contributed by atoms with Gasteiger partial charge >= 0.3 is 0 Å². The summed E-state index contributed by atoms with van der Waals surface area (Å²) in [6, 6.07) is 1.06. The zero-order chi connectivity index (χ0) is 9.26. The van der Waals surface area contributed by atoms with Crippen molar-refractivity contribution in [2.45, 2.75) is 31.3 Å². The maximum absolute atomic E-state index is 4.26.